The number of sulfonamides is 1. The van der Waals surface area contributed by atoms with E-state index in [1.807, 2.05) is 19.9 Å². The summed E-state index contributed by atoms with van der Waals surface area (Å²) < 4.78 is 41.5. The fourth-order valence-corrected chi connectivity index (χ4v) is 6.40. The number of aromatic nitrogens is 1. The molecule has 1 heterocycles. The highest BCUT2D eigenvalue weighted by Crippen LogP contribution is 2.33. The number of carbonyl (C=O) groups is 1. The van der Waals surface area contributed by atoms with Gasteiger partial charge in [0.2, 0.25) is 5.91 Å². The lowest BCUT2D eigenvalue weighted by atomic mass is 10.1. The summed E-state index contributed by atoms with van der Waals surface area (Å²) >= 11 is 1.07. The van der Waals surface area contributed by atoms with Crippen LogP contribution in [0.1, 0.15) is 11.1 Å². The number of hydrogen-bond acceptors (Lipinski definition) is 7. The summed E-state index contributed by atoms with van der Waals surface area (Å²) in [6.45, 7) is 3.25. The smallest absolute Gasteiger partial charge is 0.307 e. The fourth-order valence-electron chi connectivity index (χ4n) is 4.06. The van der Waals surface area contributed by atoms with Crippen LogP contribution in [0.25, 0.3) is 10.2 Å². The molecule has 37 heavy (non-hydrogen) atoms. The second kappa shape index (κ2) is 10.3. The molecular formula is C26H27N3O6S2. The molecule has 0 atom stereocenters. The topological polar surface area (TPSA) is 107 Å². The summed E-state index contributed by atoms with van der Waals surface area (Å²) in [6, 6.07) is 14.8. The number of thiazole rings is 1. The largest absolute Gasteiger partial charge is 0.493 e. The van der Waals surface area contributed by atoms with Gasteiger partial charge in [-0.15, -0.1) is 0 Å². The van der Waals surface area contributed by atoms with E-state index in [-0.39, 0.29) is 15.5 Å². The van der Waals surface area contributed by atoms with Gasteiger partial charge in [0.05, 0.1) is 35.0 Å². The van der Waals surface area contributed by atoms with Crippen LogP contribution in [0.15, 0.2) is 64.3 Å². The van der Waals surface area contributed by atoms with Crippen molar-refractivity contribution in [2.24, 2.45) is 7.05 Å². The van der Waals surface area contributed by atoms with E-state index in [0.29, 0.717) is 17.1 Å². The van der Waals surface area contributed by atoms with Crippen molar-refractivity contribution in [3.8, 4) is 11.5 Å². The predicted molar refractivity (Wildman–Crippen MR) is 146 cm³/mol. The molecule has 0 bridgehead atoms. The van der Waals surface area contributed by atoms with Gasteiger partial charge in [0.25, 0.3) is 10.0 Å². The average Bonchev–Trinajstić information content (AvgIpc) is 3.13. The van der Waals surface area contributed by atoms with Gasteiger partial charge in [-0.2, -0.15) is 0 Å². The molecule has 0 aliphatic rings. The molecule has 0 unspecified atom stereocenters. The van der Waals surface area contributed by atoms with Gasteiger partial charge in [-0.25, -0.2) is 8.42 Å². The third-order valence-corrected chi connectivity index (χ3v) is 8.57. The zero-order valence-electron chi connectivity index (χ0n) is 21.1. The first-order valence-corrected chi connectivity index (χ1v) is 13.5. The molecule has 4 aromatic rings. The molecule has 1 N–H and O–H groups in total. The molecule has 11 heteroatoms. The Balaban J connectivity index is 1.71. The molecule has 0 saturated carbocycles. The zero-order chi connectivity index (χ0) is 26.9. The molecule has 0 aliphatic carbocycles. The van der Waals surface area contributed by atoms with Gasteiger partial charge in [-0.05, 0) is 67.4 Å². The number of nitrogens with zero attached hydrogens (tertiary/aromatic N) is 2. The molecule has 0 radical (unpaired) electrons. The van der Waals surface area contributed by atoms with Crippen LogP contribution < -0.4 is 24.0 Å². The molecule has 0 spiro atoms. The van der Waals surface area contributed by atoms with Crippen LogP contribution in [0.2, 0.25) is 0 Å². The zero-order valence-corrected chi connectivity index (χ0v) is 22.7. The molecule has 4 rings (SSSR count). The highest BCUT2D eigenvalue weighted by Gasteiger charge is 2.29. The summed E-state index contributed by atoms with van der Waals surface area (Å²) in [5.41, 5.74) is 3.28. The van der Waals surface area contributed by atoms with Gasteiger partial charge in [-0.1, -0.05) is 17.4 Å². The number of carbonyl (C=O) groups excluding carboxylic acids is 1. The number of ether oxygens (including phenoxy) is 2. The third-order valence-electron chi connectivity index (χ3n) is 5.80. The Morgan fingerprint density at radius 1 is 0.973 bits per heavy atom. The lowest BCUT2D eigenvalue weighted by Gasteiger charge is -2.25. The number of methoxy groups -OCH3 is 2. The Labute approximate surface area is 218 Å². The highest BCUT2D eigenvalue weighted by atomic mass is 32.2. The summed E-state index contributed by atoms with van der Waals surface area (Å²) in [4.78, 5) is 25.0. The van der Waals surface area contributed by atoms with Gasteiger partial charge < -0.3 is 19.4 Å². The highest BCUT2D eigenvalue weighted by molar-refractivity contribution is 7.92. The summed E-state index contributed by atoms with van der Waals surface area (Å²) in [5, 5.41) is 2.76. The number of rotatable bonds is 8. The first-order valence-electron chi connectivity index (χ1n) is 11.3. The number of anilines is 2. The minimum absolute atomic E-state index is 0.0485. The van der Waals surface area contributed by atoms with Crippen molar-refractivity contribution in [2.45, 2.75) is 18.7 Å². The number of benzene rings is 3. The van der Waals surface area contributed by atoms with Crippen molar-refractivity contribution in [3.63, 3.8) is 0 Å². The van der Waals surface area contributed by atoms with Crippen LogP contribution in [-0.4, -0.2) is 39.7 Å². The fraction of sp³-hybridized carbons (Fsp3) is 0.231. The number of fused-ring (bicyclic) bond motifs is 1. The summed E-state index contributed by atoms with van der Waals surface area (Å²) in [5.74, 6) is 0.102. The second-order valence-electron chi connectivity index (χ2n) is 8.53. The van der Waals surface area contributed by atoms with Crippen LogP contribution in [-0.2, 0) is 21.9 Å². The number of aryl methyl sites for hydroxylation is 3. The van der Waals surface area contributed by atoms with Crippen LogP contribution in [0, 0.1) is 13.8 Å². The molecule has 0 saturated heterocycles. The molecule has 0 fully saturated rings. The Morgan fingerprint density at radius 2 is 1.65 bits per heavy atom. The van der Waals surface area contributed by atoms with Gasteiger partial charge in [0.15, 0.2) is 11.5 Å². The van der Waals surface area contributed by atoms with Crippen LogP contribution in [0.3, 0.4) is 0 Å². The number of hydrogen-bond donors (Lipinski definition) is 1. The van der Waals surface area contributed by atoms with E-state index in [2.05, 4.69) is 5.32 Å². The maximum absolute atomic E-state index is 13.8. The molecular weight excluding hydrogens is 514 g/mol. The van der Waals surface area contributed by atoms with Gasteiger partial charge in [0.1, 0.15) is 6.54 Å². The molecule has 0 aliphatic heterocycles. The summed E-state index contributed by atoms with van der Waals surface area (Å²) in [6.07, 6.45) is 0. The van der Waals surface area contributed by atoms with Gasteiger partial charge in [0, 0.05) is 18.8 Å². The van der Waals surface area contributed by atoms with E-state index >= 15 is 0 Å². The lowest BCUT2D eigenvalue weighted by Crippen LogP contribution is -2.38. The standard InChI is InChI=1S/C26H27N3O6S2/c1-16-10-17(2)12-19(11-16)29(37(32,33)20-7-9-22(34-4)23(14-20)35-5)15-25(30)27-18-6-8-21-24(13-18)36-26(31)28(21)3/h6-14H,15H2,1-5H3,(H,27,30). The molecule has 9 nitrogen and oxygen atoms in total. The quantitative estimate of drug-likeness (QED) is 0.360. The van der Waals surface area contributed by atoms with E-state index in [0.717, 1.165) is 37.0 Å². The van der Waals surface area contributed by atoms with E-state index in [9.17, 15) is 18.0 Å². The average molecular weight is 542 g/mol. The molecule has 1 aromatic heterocycles. The minimum Gasteiger partial charge on any atom is -0.493 e. The van der Waals surface area contributed by atoms with E-state index in [1.165, 1.54) is 37.0 Å². The van der Waals surface area contributed by atoms with Crippen LogP contribution in [0.5, 0.6) is 11.5 Å². The normalized spacial score (nSPS) is 11.4. The number of nitrogens with one attached hydrogen (secondary N) is 1. The van der Waals surface area contributed by atoms with Crippen LogP contribution in [0.4, 0.5) is 11.4 Å². The Hall–Kier alpha value is -3.83. The summed E-state index contributed by atoms with van der Waals surface area (Å²) in [7, 11) is 0.388. The van der Waals surface area contributed by atoms with Crippen molar-refractivity contribution >= 4 is 48.9 Å². The monoisotopic (exact) mass is 541 g/mol. The van der Waals surface area contributed by atoms with Gasteiger partial charge >= 0.3 is 4.87 Å². The maximum atomic E-state index is 13.8. The molecule has 194 valence electrons. The van der Waals surface area contributed by atoms with Crippen molar-refractivity contribution in [3.05, 3.63) is 75.4 Å². The first-order chi connectivity index (χ1) is 17.5. The van der Waals surface area contributed by atoms with Crippen molar-refractivity contribution in [1.82, 2.24) is 4.57 Å². The van der Waals surface area contributed by atoms with E-state index in [1.54, 1.807) is 37.4 Å². The lowest BCUT2D eigenvalue weighted by molar-refractivity contribution is -0.114. The van der Waals surface area contributed by atoms with Crippen molar-refractivity contribution in [2.75, 3.05) is 30.4 Å². The Kier molecular flexibility index (Phi) is 7.28. The first kappa shape index (κ1) is 26.2. The Morgan fingerprint density at radius 3 is 2.30 bits per heavy atom. The van der Waals surface area contributed by atoms with E-state index < -0.39 is 22.5 Å². The van der Waals surface area contributed by atoms with E-state index in [4.69, 9.17) is 9.47 Å². The van der Waals surface area contributed by atoms with Crippen LogP contribution >= 0.6 is 11.3 Å². The SMILES string of the molecule is COc1ccc(S(=O)(=O)N(CC(=O)Nc2ccc3c(c2)sc(=O)n3C)c2cc(C)cc(C)c2)cc1OC. The predicted octanol–water partition coefficient (Wildman–Crippen LogP) is 4.07. The minimum atomic E-state index is -4.18. The van der Waals surface area contributed by atoms with Gasteiger partial charge in [-0.3, -0.25) is 13.9 Å². The number of amides is 1. The Bertz CT molecular complexity index is 1640. The van der Waals surface area contributed by atoms with Crippen molar-refractivity contribution in [1.29, 1.82) is 0 Å². The molecule has 3 aromatic carbocycles. The second-order valence-corrected chi connectivity index (χ2v) is 11.4. The molecule has 1 amide bonds. The third kappa shape index (κ3) is 5.32. The maximum Gasteiger partial charge on any atom is 0.307 e. The van der Waals surface area contributed by atoms with Crippen molar-refractivity contribution < 1.29 is 22.7 Å².